The molecule has 0 aliphatic heterocycles. The molecule has 7 heteroatoms. The number of benzene rings is 1. The standard InChI is InChI=1S/C13H11BrClNO4/c1-19-13(18)12-11(16-9(17)5-6-14)10-7(15)3-2-4-8(10)20-12/h2-4H,5-6H2,1H3,(H,16,17). The first-order valence-electron chi connectivity index (χ1n) is 5.73. The van der Waals surface area contributed by atoms with Crippen molar-refractivity contribution in [2.45, 2.75) is 6.42 Å². The van der Waals surface area contributed by atoms with Crippen molar-refractivity contribution >= 4 is 56.1 Å². The lowest BCUT2D eigenvalue weighted by Gasteiger charge is -2.04. The Labute approximate surface area is 128 Å². The van der Waals surface area contributed by atoms with Crippen LogP contribution in [0.25, 0.3) is 11.0 Å². The van der Waals surface area contributed by atoms with E-state index < -0.39 is 5.97 Å². The first-order chi connectivity index (χ1) is 9.58. The number of esters is 1. The Morgan fingerprint density at radius 2 is 2.20 bits per heavy atom. The maximum Gasteiger partial charge on any atom is 0.376 e. The van der Waals surface area contributed by atoms with Gasteiger partial charge in [-0.1, -0.05) is 33.6 Å². The van der Waals surface area contributed by atoms with E-state index in [0.29, 0.717) is 21.3 Å². The minimum atomic E-state index is -0.675. The summed E-state index contributed by atoms with van der Waals surface area (Å²) in [5, 5.41) is 4.02. The Bertz CT molecular complexity index is 668. The summed E-state index contributed by atoms with van der Waals surface area (Å²) in [6, 6.07) is 5.01. The number of anilines is 1. The summed E-state index contributed by atoms with van der Waals surface area (Å²) in [5.41, 5.74) is 0.649. The molecule has 1 heterocycles. The van der Waals surface area contributed by atoms with Gasteiger partial charge in [-0.3, -0.25) is 4.79 Å². The van der Waals surface area contributed by atoms with Crippen molar-refractivity contribution in [1.82, 2.24) is 0 Å². The number of carbonyl (C=O) groups excluding carboxylic acids is 2. The van der Waals surface area contributed by atoms with Crippen molar-refractivity contribution in [3.05, 3.63) is 29.0 Å². The summed E-state index contributed by atoms with van der Waals surface area (Å²) in [6.07, 6.45) is 0.262. The number of hydrogen-bond donors (Lipinski definition) is 1. The van der Waals surface area contributed by atoms with E-state index in [2.05, 4.69) is 26.0 Å². The topological polar surface area (TPSA) is 68.5 Å². The van der Waals surface area contributed by atoms with Gasteiger partial charge in [0.15, 0.2) is 0 Å². The number of fused-ring (bicyclic) bond motifs is 1. The number of methoxy groups -OCH3 is 1. The van der Waals surface area contributed by atoms with Crippen molar-refractivity contribution < 1.29 is 18.7 Å². The van der Waals surface area contributed by atoms with Crippen molar-refractivity contribution in [1.29, 1.82) is 0 Å². The molecule has 1 aromatic heterocycles. The smallest absolute Gasteiger partial charge is 0.376 e. The minimum Gasteiger partial charge on any atom is -0.463 e. The number of nitrogens with one attached hydrogen (secondary N) is 1. The summed E-state index contributed by atoms with van der Waals surface area (Å²) in [6.45, 7) is 0. The van der Waals surface area contributed by atoms with Gasteiger partial charge in [-0.15, -0.1) is 0 Å². The van der Waals surface area contributed by atoms with Crippen LogP contribution in [0.2, 0.25) is 5.02 Å². The molecular formula is C13H11BrClNO4. The van der Waals surface area contributed by atoms with Crippen LogP contribution >= 0.6 is 27.5 Å². The van der Waals surface area contributed by atoms with E-state index in [9.17, 15) is 9.59 Å². The third-order valence-corrected chi connectivity index (χ3v) is 3.33. The Hall–Kier alpha value is -1.53. The third-order valence-electron chi connectivity index (χ3n) is 2.62. The lowest BCUT2D eigenvalue weighted by Crippen LogP contribution is -2.14. The number of furan rings is 1. The Morgan fingerprint density at radius 1 is 1.45 bits per heavy atom. The van der Waals surface area contributed by atoms with Crippen LogP contribution in [0.5, 0.6) is 0 Å². The number of carbonyl (C=O) groups is 2. The number of rotatable bonds is 4. The van der Waals surface area contributed by atoms with Gasteiger partial charge in [0.05, 0.1) is 17.5 Å². The second-order valence-corrected chi connectivity index (χ2v) is 5.10. The molecule has 0 saturated heterocycles. The molecule has 106 valence electrons. The van der Waals surface area contributed by atoms with Gasteiger partial charge in [-0.05, 0) is 12.1 Å². The fraction of sp³-hybridized carbons (Fsp3) is 0.231. The molecule has 1 N–H and O–H groups in total. The second-order valence-electron chi connectivity index (χ2n) is 3.90. The number of alkyl halides is 1. The zero-order valence-corrected chi connectivity index (χ0v) is 12.9. The summed E-state index contributed by atoms with van der Waals surface area (Å²) in [7, 11) is 1.24. The molecule has 2 rings (SSSR count). The predicted molar refractivity (Wildman–Crippen MR) is 79.6 cm³/mol. The monoisotopic (exact) mass is 359 g/mol. The van der Waals surface area contributed by atoms with Crippen LogP contribution in [0.15, 0.2) is 22.6 Å². The van der Waals surface area contributed by atoms with E-state index >= 15 is 0 Å². The maximum atomic E-state index is 11.8. The molecule has 0 spiro atoms. The molecule has 0 saturated carbocycles. The van der Waals surface area contributed by atoms with Crippen LogP contribution < -0.4 is 5.32 Å². The molecule has 0 radical (unpaired) electrons. The first kappa shape index (κ1) is 14.9. The number of hydrogen-bond acceptors (Lipinski definition) is 4. The van der Waals surface area contributed by atoms with Crippen molar-refractivity contribution in [3.8, 4) is 0 Å². The highest BCUT2D eigenvalue weighted by Gasteiger charge is 2.24. The van der Waals surface area contributed by atoms with Crippen molar-refractivity contribution in [3.63, 3.8) is 0 Å². The van der Waals surface area contributed by atoms with E-state index in [0.717, 1.165) is 0 Å². The van der Waals surface area contributed by atoms with E-state index in [1.807, 2.05) is 0 Å². The molecule has 0 unspecified atom stereocenters. The van der Waals surface area contributed by atoms with Crippen LogP contribution in [0.4, 0.5) is 5.69 Å². The quantitative estimate of drug-likeness (QED) is 0.668. The molecule has 0 aliphatic carbocycles. The van der Waals surface area contributed by atoms with E-state index in [1.165, 1.54) is 7.11 Å². The molecule has 5 nitrogen and oxygen atoms in total. The summed E-state index contributed by atoms with van der Waals surface area (Å²) >= 11 is 9.29. The Balaban J connectivity index is 2.57. The van der Waals surface area contributed by atoms with Gasteiger partial charge in [-0.2, -0.15) is 0 Å². The fourth-order valence-electron chi connectivity index (χ4n) is 1.75. The molecule has 1 amide bonds. The van der Waals surface area contributed by atoms with Crippen LogP contribution in [0.1, 0.15) is 17.0 Å². The molecule has 2 aromatic rings. The summed E-state index contributed by atoms with van der Waals surface area (Å²) in [5.74, 6) is -1.00. The fourth-order valence-corrected chi connectivity index (χ4v) is 2.37. The summed E-state index contributed by atoms with van der Waals surface area (Å²) < 4.78 is 10.1. The van der Waals surface area contributed by atoms with E-state index in [1.54, 1.807) is 18.2 Å². The minimum absolute atomic E-state index is 0.0708. The lowest BCUT2D eigenvalue weighted by atomic mass is 10.2. The number of halogens is 2. The van der Waals surface area contributed by atoms with E-state index in [-0.39, 0.29) is 23.8 Å². The number of ether oxygens (including phenoxy) is 1. The highest BCUT2D eigenvalue weighted by atomic mass is 79.9. The highest BCUT2D eigenvalue weighted by molar-refractivity contribution is 9.09. The molecule has 1 aromatic carbocycles. The van der Waals surface area contributed by atoms with Gasteiger partial charge in [0.25, 0.3) is 0 Å². The average Bonchev–Trinajstić information content (AvgIpc) is 2.78. The maximum absolute atomic E-state index is 11.8. The highest BCUT2D eigenvalue weighted by Crippen LogP contribution is 2.36. The van der Waals surface area contributed by atoms with Gasteiger partial charge in [0.1, 0.15) is 11.3 Å². The average molecular weight is 361 g/mol. The van der Waals surface area contributed by atoms with Gasteiger partial charge in [0.2, 0.25) is 11.7 Å². The predicted octanol–water partition coefficient (Wildman–Crippen LogP) is 3.60. The van der Waals surface area contributed by atoms with Gasteiger partial charge < -0.3 is 14.5 Å². The molecule has 0 bridgehead atoms. The van der Waals surface area contributed by atoms with Crippen molar-refractivity contribution in [2.24, 2.45) is 0 Å². The van der Waals surface area contributed by atoms with Gasteiger partial charge in [0, 0.05) is 11.8 Å². The summed E-state index contributed by atoms with van der Waals surface area (Å²) in [4.78, 5) is 23.5. The first-order valence-corrected chi connectivity index (χ1v) is 7.23. The molecule has 0 atom stereocenters. The molecule has 20 heavy (non-hydrogen) atoms. The van der Waals surface area contributed by atoms with Gasteiger partial charge >= 0.3 is 5.97 Å². The van der Waals surface area contributed by atoms with Crippen LogP contribution in [-0.4, -0.2) is 24.3 Å². The Morgan fingerprint density at radius 3 is 2.85 bits per heavy atom. The van der Waals surface area contributed by atoms with Gasteiger partial charge in [-0.25, -0.2) is 4.79 Å². The lowest BCUT2D eigenvalue weighted by molar-refractivity contribution is -0.115. The molecular weight excluding hydrogens is 350 g/mol. The van der Waals surface area contributed by atoms with Crippen LogP contribution in [0.3, 0.4) is 0 Å². The second kappa shape index (κ2) is 6.28. The molecule has 0 fully saturated rings. The SMILES string of the molecule is COC(=O)c1oc2cccc(Cl)c2c1NC(=O)CCBr. The third kappa shape index (κ3) is 2.81. The zero-order chi connectivity index (χ0) is 14.7. The number of amides is 1. The zero-order valence-electron chi connectivity index (χ0n) is 10.5. The van der Waals surface area contributed by atoms with Crippen molar-refractivity contribution in [2.75, 3.05) is 17.8 Å². The van der Waals surface area contributed by atoms with E-state index in [4.69, 9.17) is 16.0 Å². The normalized spacial score (nSPS) is 10.6. The Kier molecular flexibility index (Phi) is 4.67. The largest absolute Gasteiger partial charge is 0.463 e. The molecule has 0 aliphatic rings. The van der Waals surface area contributed by atoms with Crippen LogP contribution in [-0.2, 0) is 9.53 Å². The van der Waals surface area contributed by atoms with Crippen LogP contribution in [0, 0.1) is 0 Å².